The van der Waals surface area contributed by atoms with Crippen molar-refractivity contribution in [2.45, 2.75) is 6.10 Å². The summed E-state index contributed by atoms with van der Waals surface area (Å²) in [6.45, 7) is 0.773. The van der Waals surface area contributed by atoms with Gasteiger partial charge in [-0.15, -0.1) is 0 Å². The Kier molecular flexibility index (Phi) is 2.92. The second kappa shape index (κ2) is 4.38. The van der Waals surface area contributed by atoms with Crippen molar-refractivity contribution in [2.24, 2.45) is 0 Å². The second-order valence-electron chi connectivity index (χ2n) is 3.52. The van der Waals surface area contributed by atoms with E-state index < -0.39 is 10.9 Å². The van der Waals surface area contributed by atoms with Crippen LogP contribution in [0.2, 0.25) is 0 Å². The Balaban J connectivity index is 2.30. The Morgan fingerprint density at radius 3 is 2.71 bits per heavy atom. The summed E-state index contributed by atoms with van der Waals surface area (Å²) in [4.78, 5) is 20.8. The Labute approximate surface area is 95.7 Å². The number of rotatable bonds is 4. The highest BCUT2D eigenvalue weighted by atomic mass is 16.6. The molecule has 1 aliphatic rings. The lowest BCUT2D eigenvalue weighted by atomic mass is 10.2. The van der Waals surface area contributed by atoms with E-state index in [1.165, 1.54) is 12.1 Å². The van der Waals surface area contributed by atoms with E-state index in [-0.39, 0.29) is 23.1 Å². The summed E-state index contributed by atoms with van der Waals surface area (Å²) in [5.74, 6) is -1.15. The average Bonchev–Trinajstić information content (AvgIpc) is 2.23. The molecule has 0 bridgehead atoms. The van der Waals surface area contributed by atoms with Gasteiger partial charge < -0.3 is 14.6 Å². The molecule has 1 aromatic carbocycles. The van der Waals surface area contributed by atoms with Gasteiger partial charge in [-0.25, -0.2) is 4.79 Å². The monoisotopic (exact) mass is 239 g/mol. The highest BCUT2D eigenvalue weighted by molar-refractivity contribution is 5.88. The smallest absolute Gasteiger partial charge is 0.335 e. The number of carbonyl (C=O) groups is 1. The third kappa shape index (κ3) is 2.34. The third-order valence-electron chi connectivity index (χ3n) is 2.30. The van der Waals surface area contributed by atoms with Crippen molar-refractivity contribution in [2.75, 3.05) is 13.2 Å². The van der Waals surface area contributed by atoms with Crippen molar-refractivity contribution in [1.82, 2.24) is 0 Å². The molecule has 0 aliphatic carbocycles. The van der Waals surface area contributed by atoms with Gasteiger partial charge in [-0.2, -0.15) is 0 Å². The van der Waals surface area contributed by atoms with E-state index in [1.54, 1.807) is 0 Å². The number of carboxylic acids is 1. The molecule has 90 valence electrons. The van der Waals surface area contributed by atoms with Gasteiger partial charge in [-0.1, -0.05) is 0 Å². The van der Waals surface area contributed by atoms with Crippen LogP contribution in [0.15, 0.2) is 18.2 Å². The van der Waals surface area contributed by atoms with Gasteiger partial charge in [0.15, 0.2) is 5.75 Å². The zero-order valence-corrected chi connectivity index (χ0v) is 8.66. The molecule has 0 aromatic heterocycles. The molecule has 1 heterocycles. The maximum Gasteiger partial charge on any atom is 0.335 e. The summed E-state index contributed by atoms with van der Waals surface area (Å²) in [6, 6.07) is 3.54. The second-order valence-corrected chi connectivity index (χ2v) is 3.52. The standard InChI is InChI=1S/C10H9NO6/c12-10(13)6-1-2-9(8(3-6)11(14)15)17-7-4-16-5-7/h1-3,7H,4-5H2,(H,12,13). The molecule has 1 aromatic rings. The van der Waals surface area contributed by atoms with E-state index in [4.69, 9.17) is 14.6 Å². The van der Waals surface area contributed by atoms with Crippen molar-refractivity contribution in [3.63, 3.8) is 0 Å². The number of hydrogen-bond donors (Lipinski definition) is 1. The van der Waals surface area contributed by atoms with Crippen LogP contribution in [0.3, 0.4) is 0 Å². The molecule has 1 saturated heterocycles. The number of nitro benzene ring substituents is 1. The predicted molar refractivity (Wildman–Crippen MR) is 55.3 cm³/mol. The lowest BCUT2D eigenvalue weighted by Crippen LogP contribution is -2.38. The number of hydrogen-bond acceptors (Lipinski definition) is 5. The van der Waals surface area contributed by atoms with Gasteiger partial charge in [0, 0.05) is 6.07 Å². The summed E-state index contributed by atoms with van der Waals surface area (Å²) >= 11 is 0. The first-order valence-electron chi connectivity index (χ1n) is 4.84. The number of benzene rings is 1. The molecule has 0 amide bonds. The number of nitrogens with zero attached hydrogens (tertiary/aromatic N) is 1. The van der Waals surface area contributed by atoms with E-state index in [0.717, 1.165) is 6.07 Å². The molecule has 1 N–H and O–H groups in total. The molecule has 2 rings (SSSR count). The predicted octanol–water partition coefficient (Wildman–Crippen LogP) is 1.07. The van der Waals surface area contributed by atoms with Crippen LogP contribution in [0.1, 0.15) is 10.4 Å². The number of aromatic carboxylic acids is 1. The molecule has 17 heavy (non-hydrogen) atoms. The van der Waals surface area contributed by atoms with E-state index in [9.17, 15) is 14.9 Å². The molecule has 0 saturated carbocycles. The minimum atomic E-state index is -1.22. The molecule has 7 nitrogen and oxygen atoms in total. The molecule has 0 unspecified atom stereocenters. The third-order valence-corrected chi connectivity index (χ3v) is 2.30. The van der Waals surface area contributed by atoms with Gasteiger partial charge >= 0.3 is 11.7 Å². The fourth-order valence-corrected chi connectivity index (χ4v) is 1.35. The van der Waals surface area contributed by atoms with Crippen LogP contribution in [0.4, 0.5) is 5.69 Å². The van der Waals surface area contributed by atoms with Gasteiger partial charge in [0.1, 0.15) is 6.10 Å². The molecule has 0 atom stereocenters. The van der Waals surface area contributed by atoms with Gasteiger partial charge in [-0.05, 0) is 12.1 Å². The van der Waals surface area contributed by atoms with Gasteiger partial charge in [0.05, 0.1) is 23.7 Å². The first kappa shape index (κ1) is 11.3. The first-order chi connectivity index (χ1) is 8.08. The molecular formula is C10H9NO6. The van der Waals surface area contributed by atoms with Crippen LogP contribution in [-0.2, 0) is 4.74 Å². The fraction of sp³-hybridized carbons (Fsp3) is 0.300. The van der Waals surface area contributed by atoms with Gasteiger partial charge in [0.25, 0.3) is 0 Å². The number of nitro groups is 1. The summed E-state index contributed by atoms with van der Waals surface area (Å²) in [5, 5.41) is 19.5. The van der Waals surface area contributed by atoms with Crippen LogP contribution >= 0.6 is 0 Å². The molecule has 1 aliphatic heterocycles. The minimum absolute atomic E-state index is 0.0632. The molecular weight excluding hydrogens is 230 g/mol. The van der Waals surface area contributed by atoms with Crippen LogP contribution in [0.5, 0.6) is 5.75 Å². The lowest BCUT2D eigenvalue weighted by molar-refractivity contribution is -0.386. The zero-order valence-electron chi connectivity index (χ0n) is 8.66. The number of ether oxygens (including phenoxy) is 2. The molecule has 1 fully saturated rings. The molecule has 7 heteroatoms. The lowest BCUT2D eigenvalue weighted by Gasteiger charge is -2.26. The van der Waals surface area contributed by atoms with E-state index in [2.05, 4.69) is 0 Å². The Morgan fingerprint density at radius 2 is 2.24 bits per heavy atom. The summed E-state index contributed by atoms with van der Waals surface area (Å²) in [5.41, 5.74) is -0.495. The molecule has 0 radical (unpaired) electrons. The minimum Gasteiger partial charge on any atom is -0.479 e. The van der Waals surface area contributed by atoms with Crippen LogP contribution < -0.4 is 4.74 Å². The maximum absolute atomic E-state index is 10.8. The first-order valence-corrected chi connectivity index (χ1v) is 4.84. The fourth-order valence-electron chi connectivity index (χ4n) is 1.35. The number of carboxylic acid groups (broad SMARTS) is 1. The van der Waals surface area contributed by atoms with Crippen molar-refractivity contribution >= 4 is 11.7 Å². The highest BCUT2D eigenvalue weighted by Crippen LogP contribution is 2.29. The topological polar surface area (TPSA) is 98.9 Å². The average molecular weight is 239 g/mol. The van der Waals surface area contributed by atoms with Crippen LogP contribution in [0, 0.1) is 10.1 Å². The maximum atomic E-state index is 10.8. The Bertz CT molecular complexity index is 468. The summed E-state index contributed by atoms with van der Waals surface area (Å²) in [7, 11) is 0. The Hall–Kier alpha value is -2.15. The van der Waals surface area contributed by atoms with Crippen LogP contribution in [0.25, 0.3) is 0 Å². The van der Waals surface area contributed by atoms with Crippen molar-refractivity contribution in [3.05, 3.63) is 33.9 Å². The van der Waals surface area contributed by atoms with Crippen molar-refractivity contribution in [1.29, 1.82) is 0 Å². The van der Waals surface area contributed by atoms with E-state index in [0.29, 0.717) is 13.2 Å². The Morgan fingerprint density at radius 1 is 1.53 bits per heavy atom. The van der Waals surface area contributed by atoms with Crippen molar-refractivity contribution in [3.8, 4) is 5.75 Å². The van der Waals surface area contributed by atoms with E-state index in [1.807, 2.05) is 0 Å². The van der Waals surface area contributed by atoms with Gasteiger partial charge in [-0.3, -0.25) is 10.1 Å². The van der Waals surface area contributed by atoms with Crippen molar-refractivity contribution < 1.29 is 24.3 Å². The van der Waals surface area contributed by atoms with E-state index >= 15 is 0 Å². The summed E-state index contributed by atoms with van der Waals surface area (Å²) < 4.78 is 10.2. The van der Waals surface area contributed by atoms with Crippen LogP contribution in [-0.4, -0.2) is 35.3 Å². The molecule has 0 spiro atoms. The normalized spacial score (nSPS) is 15.1. The highest BCUT2D eigenvalue weighted by Gasteiger charge is 2.25. The quantitative estimate of drug-likeness (QED) is 0.623. The zero-order chi connectivity index (χ0) is 12.4. The summed E-state index contributed by atoms with van der Waals surface area (Å²) in [6.07, 6.45) is -0.204. The SMILES string of the molecule is O=C(O)c1ccc(OC2COC2)c([N+](=O)[O-])c1. The van der Waals surface area contributed by atoms with Gasteiger partial charge in [0.2, 0.25) is 0 Å². The largest absolute Gasteiger partial charge is 0.479 e.